The maximum absolute atomic E-state index is 9.88. The van der Waals surface area contributed by atoms with Crippen molar-refractivity contribution >= 4 is 19.8 Å². The Morgan fingerprint density at radius 1 is 1.07 bits per heavy atom. The van der Waals surface area contributed by atoms with Crippen molar-refractivity contribution in [2.24, 2.45) is 0 Å². The Bertz CT molecular complexity index is 227. The van der Waals surface area contributed by atoms with Crippen molar-refractivity contribution in [3.63, 3.8) is 0 Å². The van der Waals surface area contributed by atoms with Gasteiger partial charge < -0.3 is 9.59 Å². The smallest absolute Gasteiger partial charge is 0.0627 e. The van der Waals surface area contributed by atoms with Gasteiger partial charge in [-0.05, 0) is 0 Å². The second-order valence-electron chi connectivity index (χ2n) is 1.87. The molecule has 0 amide bonds. The van der Waals surface area contributed by atoms with E-state index in [2.05, 4.69) is 0 Å². The molecule has 1 rings (SSSR count). The summed E-state index contributed by atoms with van der Waals surface area (Å²) in [5.41, 5.74) is 0.604. The van der Waals surface area contributed by atoms with E-state index in [1.54, 1.807) is 43.6 Å². The Balaban J connectivity index is -0.000000179. The van der Waals surface area contributed by atoms with E-state index >= 15 is 0 Å². The quantitative estimate of drug-likeness (QED) is 0.612. The summed E-state index contributed by atoms with van der Waals surface area (Å²) in [5.74, 6) is 0. The molecule has 0 atom stereocenters. The molecule has 0 unspecified atom stereocenters. The molecule has 1 aromatic carbocycles. The largest absolute Gasteiger partial charge is 0.549 e. The van der Waals surface area contributed by atoms with E-state index in [-0.39, 0.29) is 32.7 Å². The van der Waals surface area contributed by atoms with Crippen LogP contribution in [0.3, 0.4) is 0 Å². The van der Waals surface area contributed by atoms with Crippen LogP contribution >= 0.6 is 0 Å². The van der Waals surface area contributed by atoms with Crippen molar-refractivity contribution < 1.29 is 42.3 Å². The first-order valence-electron chi connectivity index (χ1n) is 4.43. The summed E-state index contributed by atoms with van der Waals surface area (Å²) >= 11 is 0. The predicted octanol–water partition coefficient (Wildman–Crippen LogP) is 1.97. The molecule has 0 saturated heterocycles. The van der Waals surface area contributed by atoms with Crippen molar-refractivity contribution in [1.82, 2.24) is 0 Å². The van der Waals surface area contributed by atoms with Crippen LogP contribution in [0.2, 0.25) is 6.82 Å². The average Bonchev–Trinajstić information content (AvgIpc) is 2.33. The van der Waals surface area contributed by atoms with E-state index in [0.717, 1.165) is 0 Å². The summed E-state index contributed by atoms with van der Waals surface area (Å²) in [6, 6.07) is 8.90. The van der Waals surface area contributed by atoms with Gasteiger partial charge in [0.2, 0.25) is 0 Å². The van der Waals surface area contributed by atoms with Gasteiger partial charge in [0.1, 0.15) is 0 Å². The first-order valence-corrected chi connectivity index (χ1v) is 4.43. The predicted molar refractivity (Wildman–Crippen MR) is 59.9 cm³/mol. The Morgan fingerprint density at radius 2 is 1.47 bits per heavy atom. The zero-order chi connectivity index (χ0) is 11.2. The molecule has 2 radical (unpaired) electrons. The second kappa shape index (κ2) is 19.3. The van der Waals surface area contributed by atoms with Crippen LogP contribution in [0, 0.1) is 0 Å². The number of benzene rings is 1. The molecule has 0 heterocycles. The Morgan fingerprint density at radius 3 is 1.67 bits per heavy atom. The molecular weight excluding hydrogens is 264 g/mol. The van der Waals surface area contributed by atoms with Crippen LogP contribution in [0.4, 0.5) is 0 Å². The van der Waals surface area contributed by atoms with Crippen molar-refractivity contribution in [3.05, 3.63) is 35.9 Å². The molecule has 0 aromatic heterocycles. The molecule has 1 aromatic rings. The van der Waals surface area contributed by atoms with Gasteiger partial charge in [-0.2, -0.15) is 17.7 Å². The standard InChI is InChI=1S/C7H5O.C2H3BO.C2H6.Y/c8-6-7-4-2-1-3-5-7;1-3-2-4;1-2;/h1-5H;1H3;1-2H3;/q2*-1;;. The maximum Gasteiger partial charge on any atom is 0.0627 e. The molecule has 0 bridgehead atoms. The minimum absolute atomic E-state index is 0. The topological polar surface area (TPSA) is 34.1 Å². The van der Waals surface area contributed by atoms with Crippen molar-refractivity contribution in [2.45, 2.75) is 20.7 Å². The van der Waals surface area contributed by atoms with Crippen LogP contribution in [-0.4, -0.2) is 19.8 Å². The minimum Gasteiger partial charge on any atom is -0.549 e. The second-order valence-corrected chi connectivity index (χ2v) is 1.87. The molecule has 0 spiro atoms. The summed E-state index contributed by atoms with van der Waals surface area (Å²) in [4.78, 5) is 18.9. The third kappa shape index (κ3) is 16.4. The molecule has 15 heavy (non-hydrogen) atoms. The van der Waals surface area contributed by atoms with Gasteiger partial charge >= 0.3 is 0 Å². The fourth-order valence-electron chi connectivity index (χ4n) is 0.506. The molecule has 0 N–H and O–H groups in total. The van der Waals surface area contributed by atoms with E-state index < -0.39 is 0 Å². The van der Waals surface area contributed by atoms with E-state index in [1.807, 2.05) is 19.9 Å². The zero-order valence-electron chi connectivity index (χ0n) is 9.36. The molecule has 4 heteroatoms. The number of hydrogen-bond acceptors (Lipinski definition) is 2. The molecule has 0 aliphatic rings. The van der Waals surface area contributed by atoms with Gasteiger partial charge in [-0.1, -0.05) is 27.2 Å². The van der Waals surface area contributed by atoms with Crippen LogP contribution in [0.1, 0.15) is 19.4 Å². The monoisotopic (exact) mass is 278 g/mol. The van der Waals surface area contributed by atoms with Crippen LogP contribution in [0.15, 0.2) is 30.3 Å². The van der Waals surface area contributed by atoms with Gasteiger partial charge in [0.15, 0.2) is 0 Å². The fourth-order valence-corrected chi connectivity index (χ4v) is 0.506. The van der Waals surface area contributed by atoms with Gasteiger partial charge in [0.25, 0.3) is 0 Å². The minimum atomic E-state index is 0. The first kappa shape index (κ1) is 20.2. The van der Waals surface area contributed by atoms with Gasteiger partial charge in [-0.15, -0.1) is 19.0 Å². The van der Waals surface area contributed by atoms with Crippen molar-refractivity contribution in [2.75, 3.05) is 0 Å². The van der Waals surface area contributed by atoms with Gasteiger partial charge in [-0.3, -0.25) is 6.19 Å². The molecule has 0 saturated carbocycles. The Hall–Kier alpha value is -0.271. The summed E-state index contributed by atoms with van der Waals surface area (Å²) in [7, 11) is 1.32. The van der Waals surface area contributed by atoms with Gasteiger partial charge in [0.05, 0.1) is 6.29 Å². The van der Waals surface area contributed by atoms with Crippen LogP contribution in [0.5, 0.6) is 0 Å². The van der Waals surface area contributed by atoms with Crippen molar-refractivity contribution in [1.29, 1.82) is 0 Å². The number of rotatable bonds is 2. The molecular formula is C11H14BO2Y-2. The molecule has 0 aliphatic heterocycles. The van der Waals surface area contributed by atoms with Gasteiger partial charge in [0, 0.05) is 32.7 Å². The first-order chi connectivity index (χ1) is 6.85. The van der Waals surface area contributed by atoms with E-state index in [1.165, 1.54) is 7.28 Å². The summed E-state index contributed by atoms with van der Waals surface area (Å²) < 4.78 is 0. The average molecular weight is 278 g/mol. The molecule has 0 fully saturated rings. The Labute approximate surface area is 118 Å². The summed E-state index contributed by atoms with van der Waals surface area (Å²) in [6.07, 6.45) is 3.33. The van der Waals surface area contributed by atoms with E-state index in [4.69, 9.17) is 4.79 Å². The zero-order valence-corrected chi connectivity index (χ0v) is 12.2. The maximum atomic E-state index is 9.88. The SMILES string of the molecule is CC.C[B][C-]=O.O=[C-]c1ccccc1.[Y]. The van der Waals surface area contributed by atoms with Crippen LogP contribution < -0.4 is 0 Å². The number of carbonyl (C=O) groups excluding carboxylic acids is 2. The van der Waals surface area contributed by atoms with E-state index in [9.17, 15) is 4.79 Å². The third-order valence-electron chi connectivity index (χ3n) is 1.01. The third-order valence-corrected chi connectivity index (χ3v) is 1.01. The van der Waals surface area contributed by atoms with Crippen LogP contribution in [0.25, 0.3) is 0 Å². The number of hydrogen-bond donors (Lipinski definition) is 0. The van der Waals surface area contributed by atoms with Crippen LogP contribution in [-0.2, 0) is 42.3 Å². The molecule has 78 valence electrons. The fraction of sp³-hybridized carbons (Fsp3) is 0.273. The molecule has 0 aliphatic carbocycles. The normalized spacial score (nSPS) is 6.33. The van der Waals surface area contributed by atoms with Crippen molar-refractivity contribution in [3.8, 4) is 0 Å². The Kier molecular flexibility index (Phi) is 26.0. The summed E-state index contributed by atoms with van der Waals surface area (Å²) in [5, 5.41) is 0. The summed E-state index contributed by atoms with van der Waals surface area (Å²) in [6.45, 7) is 5.63. The molecule has 2 nitrogen and oxygen atoms in total. The van der Waals surface area contributed by atoms with E-state index in [0.29, 0.717) is 5.56 Å². The van der Waals surface area contributed by atoms with Gasteiger partial charge in [-0.25, -0.2) is 0 Å².